The Hall–Kier alpha value is -2.72. The molecule has 4 rings (SSSR count). The monoisotopic (exact) mass is 331 g/mol. The molecule has 1 saturated heterocycles. The van der Waals surface area contributed by atoms with Crippen molar-refractivity contribution >= 4 is 16.7 Å². The van der Waals surface area contributed by atoms with Crippen LogP contribution in [-0.4, -0.2) is 24.0 Å². The summed E-state index contributed by atoms with van der Waals surface area (Å²) in [6.45, 7) is 1.94. The summed E-state index contributed by atoms with van der Waals surface area (Å²) in [6, 6.07) is 18.0. The third kappa shape index (κ3) is 3.39. The molecule has 0 unspecified atom stereocenters. The molecule has 126 valence electrons. The third-order valence-electron chi connectivity index (χ3n) is 4.92. The molecule has 0 spiro atoms. The molecule has 1 aromatic heterocycles. The van der Waals surface area contributed by atoms with Crippen LogP contribution in [0, 0.1) is 5.92 Å². The van der Waals surface area contributed by atoms with Gasteiger partial charge >= 0.3 is 0 Å². The average molecular weight is 331 g/mol. The van der Waals surface area contributed by atoms with Gasteiger partial charge in [-0.1, -0.05) is 36.4 Å². The van der Waals surface area contributed by atoms with Crippen molar-refractivity contribution in [3.05, 3.63) is 78.1 Å². The van der Waals surface area contributed by atoms with Crippen LogP contribution in [0.25, 0.3) is 10.8 Å². The lowest BCUT2D eigenvalue weighted by Crippen LogP contribution is -2.34. The number of benzene rings is 2. The van der Waals surface area contributed by atoms with E-state index in [0.717, 1.165) is 35.8 Å². The highest BCUT2D eigenvalue weighted by molar-refractivity contribution is 5.98. The van der Waals surface area contributed by atoms with Crippen molar-refractivity contribution in [3.63, 3.8) is 0 Å². The number of pyridine rings is 1. The fraction of sp³-hybridized carbons (Fsp3) is 0.238. The number of amides is 1. The van der Waals surface area contributed by atoms with E-state index < -0.39 is 0 Å². The van der Waals surface area contributed by atoms with Crippen LogP contribution in [0.2, 0.25) is 0 Å². The summed E-state index contributed by atoms with van der Waals surface area (Å²) in [5, 5.41) is 8.73. The topological polar surface area (TPSA) is 54.0 Å². The number of rotatable bonds is 4. The molecule has 0 bridgehead atoms. The zero-order valence-electron chi connectivity index (χ0n) is 14.0. The Bertz CT molecular complexity index is 872. The number of nitrogens with one attached hydrogen (secondary N) is 2. The van der Waals surface area contributed by atoms with Gasteiger partial charge in [-0.05, 0) is 48.0 Å². The summed E-state index contributed by atoms with van der Waals surface area (Å²) in [5.74, 6) is 0.385. The van der Waals surface area contributed by atoms with Crippen LogP contribution >= 0.6 is 0 Å². The summed E-state index contributed by atoms with van der Waals surface area (Å²) in [7, 11) is 0. The first-order valence-corrected chi connectivity index (χ1v) is 8.71. The lowest BCUT2D eigenvalue weighted by atomic mass is 9.92. The van der Waals surface area contributed by atoms with Crippen molar-refractivity contribution in [2.45, 2.75) is 12.5 Å². The number of carbonyl (C=O) groups is 1. The quantitative estimate of drug-likeness (QED) is 0.771. The first-order chi connectivity index (χ1) is 12.3. The molecule has 0 radical (unpaired) electrons. The predicted molar refractivity (Wildman–Crippen MR) is 99.4 cm³/mol. The van der Waals surface area contributed by atoms with E-state index >= 15 is 0 Å². The molecular formula is C21H21N3O. The van der Waals surface area contributed by atoms with Crippen LogP contribution < -0.4 is 10.6 Å². The average Bonchev–Trinajstić information content (AvgIpc) is 3.20. The molecule has 2 atom stereocenters. The van der Waals surface area contributed by atoms with Gasteiger partial charge in [0.1, 0.15) is 0 Å². The van der Waals surface area contributed by atoms with Gasteiger partial charge in [0.2, 0.25) is 0 Å². The molecule has 2 aromatic carbocycles. The van der Waals surface area contributed by atoms with Crippen LogP contribution in [0.1, 0.15) is 28.4 Å². The molecule has 2 N–H and O–H groups in total. The lowest BCUT2D eigenvalue weighted by molar-refractivity contribution is 0.0924. The van der Waals surface area contributed by atoms with Crippen LogP contribution in [0.15, 0.2) is 67.0 Å². The summed E-state index contributed by atoms with van der Waals surface area (Å²) in [6.07, 6.45) is 4.64. The van der Waals surface area contributed by atoms with E-state index in [1.165, 1.54) is 0 Å². The van der Waals surface area contributed by atoms with E-state index in [-0.39, 0.29) is 11.9 Å². The van der Waals surface area contributed by atoms with Crippen molar-refractivity contribution in [3.8, 4) is 0 Å². The largest absolute Gasteiger partial charge is 0.345 e. The van der Waals surface area contributed by atoms with E-state index in [0.29, 0.717) is 11.5 Å². The van der Waals surface area contributed by atoms with Crippen molar-refractivity contribution in [2.24, 2.45) is 5.92 Å². The number of carbonyl (C=O) groups excluding carboxylic acids is 1. The molecule has 1 aliphatic rings. The molecule has 3 aromatic rings. The number of hydrogen-bond acceptors (Lipinski definition) is 3. The molecule has 4 heteroatoms. The number of nitrogens with zero attached hydrogens (tertiary/aromatic N) is 1. The molecule has 0 saturated carbocycles. The SMILES string of the molecule is O=C(N[C@@H](c1ccccc1)[C@@H]1CCNC1)c1ccc2cnccc2c1. The second-order valence-corrected chi connectivity index (χ2v) is 6.55. The standard InChI is InChI=1S/C21H21N3O/c25-21(17-6-7-18-13-22-10-8-16(18)12-17)24-20(19-9-11-23-14-19)15-4-2-1-3-5-15/h1-8,10,12-13,19-20,23H,9,11,14H2,(H,24,25)/t19-,20+/m1/s1. The lowest BCUT2D eigenvalue weighted by Gasteiger charge is -2.25. The Kier molecular flexibility index (Phi) is 4.44. The maximum atomic E-state index is 12.9. The van der Waals surface area contributed by atoms with Crippen LogP contribution in [0.4, 0.5) is 0 Å². The van der Waals surface area contributed by atoms with Gasteiger partial charge in [0, 0.05) is 29.9 Å². The second kappa shape index (κ2) is 7.03. The normalized spacial score (nSPS) is 18.2. The summed E-state index contributed by atoms with van der Waals surface area (Å²) >= 11 is 0. The fourth-order valence-electron chi connectivity index (χ4n) is 3.54. The Morgan fingerprint density at radius 3 is 2.80 bits per heavy atom. The minimum Gasteiger partial charge on any atom is -0.345 e. The summed E-state index contributed by atoms with van der Waals surface area (Å²) in [5.41, 5.74) is 1.85. The van der Waals surface area contributed by atoms with E-state index in [1.54, 1.807) is 6.20 Å². The van der Waals surface area contributed by atoms with E-state index in [9.17, 15) is 4.79 Å². The molecule has 4 nitrogen and oxygen atoms in total. The molecule has 25 heavy (non-hydrogen) atoms. The van der Waals surface area contributed by atoms with Crippen molar-refractivity contribution in [1.82, 2.24) is 15.6 Å². The molecule has 0 aliphatic carbocycles. The maximum absolute atomic E-state index is 12.9. The fourth-order valence-corrected chi connectivity index (χ4v) is 3.54. The van der Waals surface area contributed by atoms with Crippen molar-refractivity contribution in [2.75, 3.05) is 13.1 Å². The van der Waals surface area contributed by atoms with Gasteiger partial charge in [0.05, 0.1) is 6.04 Å². The first kappa shape index (κ1) is 15.8. The van der Waals surface area contributed by atoms with Gasteiger partial charge in [0.25, 0.3) is 5.91 Å². The summed E-state index contributed by atoms with van der Waals surface area (Å²) < 4.78 is 0. The van der Waals surface area contributed by atoms with Crippen molar-refractivity contribution < 1.29 is 4.79 Å². The minimum absolute atomic E-state index is 0.0248. The molecule has 2 heterocycles. The number of aromatic nitrogens is 1. The van der Waals surface area contributed by atoms with E-state index in [4.69, 9.17) is 0 Å². The molecule has 1 aliphatic heterocycles. The zero-order chi connectivity index (χ0) is 17.1. The molecule has 1 fully saturated rings. The third-order valence-corrected chi connectivity index (χ3v) is 4.92. The van der Waals surface area contributed by atoms with Crippen LogP contribution in [-0.2, 0) is 0 Å². The second-order valence-electron chi connectivity index (χ2n) is 6.55. The summed E-state index contributed by atoms with van der Waals surface area (Å²) in [4.78, 5) is 17.0. The first-order valence-electron chi connectivity index (χ1n) is 8.71. The Labute approximate surface area is 147 Å². The van der Waals surface area contributed by atoms with Crippen LogP contribution in [0.3, 0.4) is 0 Å². The van der Waals surface area contributed by atoms with Gasteiger partial charge in [-0.15, -0.1) is 0 Å². The maximum Gasteiger partial charge on any atom is 0.251 e. The highest BCUT2D eigenvalue weighted by atomic mass is 16.1. The van der Waals surface area contributed by atoms with Gasteiger partial charge in [-0.25, -0.2) is 0 Å². The number of fused-ring (bicyclic) bond motifs is 1. The van der Waals surface area contributed by atoms with Crippen LogP contribution in [0.5, 0.6) is 0 Å². The zero-order valence-corrected chi connectivity index (χ0v) is 14.0. The van der Waals surface area contributed by atoms with Gasteiger partial charge in [-0.3, -0.25) is 9.78 Å². The van der Waals surface area contributed by atoms with E-state index in [2.05, 4.69) is 27.8 Å². The number of hydrogen-bond donors (Lipinski definition) is 2. The van der Waals surface area contributed by atoms with Gasteiger partial charge in [-0.2, -0.15) is 0 Å². The van der Waals surface area contributed by atoms with E-state index in [1.807, 2.05) is 48.7 Å². The Morgan fingerprint density at radius 1 is 1.12 bits per heavy atom. The Morgan fingerprint density at radius 2 is 2.00 bits per heavy atom. The van der Waals surface area contributed by atoms with Gasteiger partial charge in [0.15, 0.2) is 0 Å². The predicted octanol–water partition coefficient (Wildman–Crippen LogP) is 3.32. The molecule has 1 amide bonds. The highest BCUT2D eigenvalue weighted by Gasteiger charge is 2.27. The minimum atomic E-state index is -0.0283. The highest BCUT2D eigenvalue weighted by Crippen LogP contribution is 2.27. The smallest absolute Gasteiger partial charge is 0.251 e. The van der Waals surface area contributed by atoms with Gasteiger partial charge < -0.3 is 10.6 Å². The van der Waals surface area contributed by atoms with Crippen molar-refractivity contribution in [1.29, 1.82) is 0 Å². The molecular weight excluding hydrogens is 310 g/mol. The Balaban J connectivity index is 1.61.